The van der Waals surface area contributed by atoms with E-state index in [4.69, 9.17) is 14.5 Å². The van der Waals surface area contributed by atoms with Crippen LogP contribution in [-0.2, 0) is 10.2 Å². The van der Waals surface area contributed by atoms with Gasteiger partial charge in [0.05, 0.1) is 30.8 Å². The molecule has 0 aliphatic heterocycles. The highest BCUT2D eigenvalue weighted by molar-refractivity contribution is 5.95. The maximum Gasteiger partial charge on any atom is 0.337 e. The smallest absolute Gasteiger partial charge is 0.337 e. The van der Waals surface area contributed by atoms with Crippen LogP contribution in [0.15, 0.2) is 42.5 Å². The van der Waals surface area contributed by atoms with E-state index in [1.54, 1.807) is 30.3 Å². The number of nitrogens with zero attached hydrogens (tertiary/aromatic N) is 3. The Morgan fingerprint density at radius 3 is 2.52 bits per heavy atom. The quantitative estimate of drug-likeness (QED) is 0.480. The fraction of sp³-hybridized carbons (Fsp3) is 0.261. The maximum atomic E-state index is 12.0. The zero-order valence-corrected chi connectivity index (χ0v) is 18.1. The number of H-pyrrole nitrogens is 1. The lowest BCUT2D eigenvalue weighted by atomic mass is 9.92. The van der Waals surface area contributed by atoms with Gasteiger partial charge in [0.1, 0.15) is 5.82 Å². The minimum atomic E-state index is -0.431. The summed E-state index contributed by atoms with van der Waals surface area (Å²) in [5.41, 5.74) is 3.40. The summed E-state index contributed by atoms with van der Waals surface area (Å²) in [4.78, 5) is 16.8. The summed E-state index contributed by atoms with van der Waals surface area (Å²) in [5, 5.41) is 17.6. The van der Waals surface area contributed by atoms with E-state index in [2.05, 4.69) is 31.0 Å². The number of imidazole rings is 1. The molecule has 160 valence electrons. The average Bonchev–Trinajstić information content (AvgIpc) is 3.37. The van der Waals surface area contributed by atoms with Gasteiger partial charge >= 0.3 is 5.97 Å². The van der Waals surface area contributed by atoms with Crippen LogP contribution in [-0.4, -0.2) is 45.0 Å². The van der Waals surface area contributed by atoms with Crippen LogP contribution in [0.25, 0.3) is 28.2 Å². The third-order valence-corrected chi connectivity index (χ3v) is 5.11. The number of rotatable bonds is 4. The van der Waals surface area contributed by atoms with E-state index in [1.807, 2.05) is 16.7 Å². The zero-order valence-electron chi connectivity index (χ0n) is 18.1. The number of aromatic hydroxyl groups is 1. The molecule has 0 amide bonds. The first-order chi connectivity index (χ1) is 14.7. The Morgan fingerprint density at radius 1 is 1.10 bits per heavy atom. The number of fused-ring (bicyclic) bond motifs is 1. The number of aromatic amines is 1. The van der Waals surface area contributed by atoms with E-state index in [-0.39, 0.29) is 11.2 Å². The number of carbonyl (C=O) groups is 1. The van der Waals surface area contributed by atoms with E-state index in [0.29, 0.717) is 28.5 Å². The van der Waals surface area contributed by atoms with Crippen molar-refractivity contribution in [2.24, 2.45) is 0 Å². The number of esters is 1. The summed E-state index contributed by atoms with van der Waals surface area (Å²) >= 11 is 0. The summed E-state index contributed by atoms with van der Waals surface area (Å²) in [6.45, 7) is 6.31. The molecular formula is C23H24N4O4. The summed E-state index contributed by atoms with van der Waals surface area (Å²) in [6, 6.07) is 12.2. The molecule has 0 atom stereocenters. The Labute approximate surface area is 179 Å². The van der Waals surface area contributed by atoms with Gasteiger partial charge in [-0.3, -0.25) is 9.67 Å². The van der Waals surface area contributed by atoms with E-state index in [0.717, 1.165) is 16.8 Å². The first kappa shape index (κ1) is 20.5. The summed E-state index contributed by atoms with van der Waals surface area (Å²) in [5.74, 6) is 1.21. The summed E-state index contributed by atoms with van der Waals surface area (Å²) in [6.07, 6.45) is 0. The Bertz CT molecular complexity index is 1280. The van der Waals surface area contributed by atoms with Crippen molar-refractivity contribution in [2.75, 3.05) is 14.2 Å². The minimum absolute atomic E-state index is 0.0386. The van der Waals surface area contributed by atoms with Crippen molar-refractivity contribution in [1.29, 1.82) is 0 Å². The lowest BCUT2D eigenvalue weighted by Crippen LogP contribution is -2.11. The van der Waals surface area contributed by atoms with Crippen molar-refractivity contribution in [3.05, 3.63) is 53.7 Å². The monoisotopic (exact) mass is 420 g/mol. The van der Waals surface area contributed by atoms with Gasteiger partial charge in [0, 0.05) is 22.7 Å². The van der Waals surface area contributed by atoms with Gasteiger partial charge < -0.3 is 14.6 Å². The third-order valence-electron chi connectivity index (χ3n) is 5.11. The van der Waals surface area contributed by atoms with Crippen LogP contribution in [0.4, 0.5) is 0 Å². The molecule has 0 bridgehead atoms. The van der Waals surface area contributed by atoms with Gasteiger partial charge in [-0.1, -0.05) is 20.8 Å². The molecule has 4 rings (SSSR count). The predicted molar refractivity (Wildman–Crippen MR) is 117 cm³/mol. The van der Waals surface area contributed by atoms with Crippen LogP contribution in [0.1, 0.15) is 36.8 Å². The second-order valence-electron chi connectivity index (χ2n) is 8.24. The number of hydrogen-bond acceptors (Lipinski definition) is 6. The first-order valence-corrected chi connectivity index (χ1v) is 9.77. The number of hydrogen-bond donors (Lipinski definition) is 2. The molecule has 0 spiro atoms. The van der Waals surface area contributed by atoms with Crippen molar-refractivity contribution in [3.63, 3.8) is 0 Å². The number of carbonyl (C=O) groups excluding carboxylic acids is 1. The molecule has 4 aromatic rings. The number of methoxy groups -OCH3 is 2. The average molecular weight is 420 g/mol. The molecule has 2 aromatic heterocycles. The topological polar surface area (TPSA) is 102 Å². The van der Waals surface area contributed by atoms with Crippen LogP contribution in [0.5, 0.6) is 11.5 Å². The Balaban J connectivity index is 1.98. The molecular weight excluding hydrogens is 396 g/mol. The van der Waals surface area contributed by atoms with E-state index in [1.165, 1.54) is 14.2 Å². The normalized spacial score (nSPS) is 11.6. The molecule has 0 fully saturated rings. The van der Waals surface area contributed by atoms with Crippen LogP contribution in [0, 0.1) is 0 Å². The molecule has 8 nitrogen and oxygen atoms in total. The van der Waals surface area contributed by atoms with Crippen molar-refractivity contribution in [3.8, 4) is 28.7 Å². The molecule has 0 aliphatic rings. The van der Waals surface area contributed by atoms with E-state index < -0.39 is 5.97 Å². The predicted octanol–water partition coefficient (Wildman–Crippen LogP) is 4.21. The van der Waals surface area contributed by atoms with Gasteiger partial charge in [0.15, 0.2) is 17.3 Å². The van der Waals surface area contributed by atoms with E-state index in [9.17, 15) is 9.90 Å². The molecule has 2 aromatic carbocycles. The number of benzene rings is 2. The zero-order chi connectivity index (χ0) is 22.3. The number of phenolic OH excluding ortho intramolecular Hbond substituents is 1. The summed E-state index contributed by atoms with van der Waals surface area (Å²) < 4.78 is 12.0. The Morgan fingerprint density at radius 2 is 1.87 bits per heavy atom. The van der Waals surface area contributed by atoms with Crippen molar-refractivity contribution < 1.29 is 19.4 Å². The van der Waals surface area contributed by atoms with Crippen LogP contribution in [0.3, 0.4) is 0 Å². The molecule has 2 N–H and O–H groups in total. The molecule has 31 heavy (non-hydrogen) atoms. The van der Waals surface area contributed by atoms with Gasteiger partial charge in [-0.15, -0.1) is 0 Å². The molecule has 8 heteroatoms. The molecule has 0 unspecified atom stereocenters. The van der Waals surface area contributed by atoms with Gasteiger partial charge in [0.25, 0.3) is 0 Å². The Kier molecular flexibility index (Phi) is 4.93. The van der Waals surface area contributed by atoms with Crippen LogP contribution in [0.2, 0.25) is 0 Å². The molecule has 0 radical (unpaired) electrons. The third kappa shape index (κ3) is 3.61. The van der Waals surface area contributed by atoms with Crippen LogP contribution < -0.4 is 4.74 Å². The lowest BCUT2D eigenvalue weighted by molar-refractivity contribution is 0.0601. The number of phenols is 1. The standard InChI is InChI=1S/C23H24N4O4/c1-23(2,3)19-12-20(26-25-19)27-16-8-6-14(22(29)31-5)10-15(16)24-21(27)13-7-9-17(28)18(11-13)30-4/h6-12,28H,1-5H3,(H,25,26). The van der Waals surface area contributed by atoms with Crippen LogP contribution >= 0.6 is 0 Å². The number of nitrogens with one attached hydrogen (secondary N) is 1. The highest BCUT2D eigenvalue weighted by Gasteiger charge is 2.22. The molecule has 0 aliphatic carbocycles. The second-order valence-corrected chi connectivity index (χ2v) is 8.24. The minimum Gasteiger partial charge on any atom is -0.504 e. The van der Waals surface area contributed by atoms with Gasteiger partial charge in [-0.2, -0.15) is 5.10 Å². The highest BCUT2D eigenvalue weighted by Crippen LogP contribution is 2.35. The van der Waals surface area contributed by atoms with Crippen molar-refractivity contribution in [2.45, 2.75) is 26.2 Å². The molecule has 0 saturated heterocycles. The Hall–Kier alpha value is -3.81. The first-order valence-electron chi connectivity index (χ1n) is 9.77. The lowest BCUT2D eigenvalue weighted by Gasteiger charge is -2.14. The maximum absolute atomic E-state index is 12.0. The number of ether oxygens (including phenoxy) is 2. The van der Waals surface area contributed by atoms with Gasteiger partial charge in [-0.25, -0.2) is 9.78 Å². The number of aromatic nitrogens is 4. The van der Waals surface area contributed by atoms with Gasteiger partial charge in [0.2, 0.25) is 0 Å². The van der Waals surface area contributed by atoms with Crippen molar-refractivity contribution >= 4 is 17.0 Å². The second kappa shape index (κ2) is 7.46. The largest absolute Gasteiger partial charge is 0.504 e. The fourth-order valence-corrected chi connectivity index (χ4v) is 3.38. The summed E-state index contributed by atoms with van der Waals surface area (Å²) in [7, 11) is 2.84. The molecule has 0 saturated carbocycles. The SMILES string of the molecule is COC(=O)c1ccc2c(c1)nc(-c1ccc(O)c(OC)c1)n2-c1cc(C(C)(C)C)[nH]n1. The highest BCUT2D eigenvalue weighted by atomic mass is 16.5. The van der Waals surface area contributed by atoms with Crippen molar-refractivity contribution in [1.82, 2.24) is 19.7 Å². The fourth-order valence-electron chi connectivity index (χ4n) is 3.38. The van der Waals surface area contributed by atoms with Gasteiger partial charge in [-0.05, 0) is 36.4 Å². The van der Waals surface area contributed by atoms with E-state index >= 15 is 0 Å². The molecule has 2 heterocycles.